The molecule has 0 bridgehead atoms. The van der Waals surface area contributed by atoms with Gasteiger partial charge in [0.15, 0.2) is 0 Å². The molecule has 1 aliphatic rings. The number of anilines is 2. The van der Waals surface area contributed by atoms with E-state index in [1.807, 2.05) is 6.20 Å². The Kier molecular flexibility index (Phi) is 6.04. The van der Waals surface area contributed by atoms with Crippen molar-refractivity contribution in [3.8, 4) is 0 Å². The van der Waals surface area contributed by atoms with E-state index in [2.05, 4.69) is 43.0 Å². The molecule has 1 atom stereocenters. The average molecular weight is 343 g/mol. The van der Waals surface area contributed by atoms with Crippen molar-refractivity contribution in [1.29, 1.82) is 0 Å². The first-order chi connectivity index (χ1) is 9.74. The molecule has 6 heteroatoms. The van der Waals surface area contributed by atoms with Crippen LogP contribution in [0.4, 0.5) is 11.8 Å². The first-order valence-corrected chi connectivity index (χ1v) is 8.04. The van der Waals surface area contributed by atoms with Gasteiger partial charge in [0.25, 0.3) is 0 Å². The molecule has 0 aromatic carbocycles. The Balaban J connectivity index is 2.09. The summed E-state index contributed by atoms with van der Waals surface area (Å²) in [6, 6.07) is 0. The maximum atomic E-state index is 5.29. The Hall–Kier alpha value is -0.880. The number of hydrogen-bond donors (Lipinski definition) is 1. The van der Waals surface area contributed by atoms with E-state index in [0.29, 0.717) is 11.9 Å². The van der Waals surface area contributed by atoms with Gasteiger partial charge in [-0.3, -0.25) is 0 Å². The molecule has 112 valence electrons. The van der Waals surface area contributed by atoms with E-state index >= 15 is 0 Å². The third-order valence-electron chi connectivity index (χ3n) is 3.48. The predicted molar refractivity (Wildman–Crippen MR) is 85.3 cm³/mol. The molecule has 0 radical (unpaired) electrons. The van der Waals surface area contributed by atoms with Crippen molar-refractivity contribution in [2.45, 2.75) is 26.2 Å². The third kappa shape index (κ3) is 4.06. The molecule has 20 heavy (non-hydrogen) atoms. The third-order valence-corrected chi connectivity index (χ3v) is 4.04. The molecule has 0 saturated carbocycles. The Morgan fingerprint density at radius 3 is 3.15 bits per heavy atom. The van der Waals surface area contributed by atoms with Crippen molar-refractivity contribution in [3.63, 3.8) is 0 Å². The normalized spacial score (nSPS) is 19.1. The van der Waals surface area contributed by atoms with Crippen LogP contribution in [0.3, 0.4) is 0 Å². The van der Waals surface area contributed by atoms with Crippen LogP contribution in [0.25, 0.3) is 0 Å². The molecule has 1 saturated heterocycles. The van der Waals surface area contributed by atoms with E-state index in [1.54, 1.807) is 7.11 Å². The Bertz CT molecular complexity index is 428. The number of rotatable bonds is 6. The van der Waals surface area contributed by atoms with Crippen LogP contribution in [0.15, 0.2) is 10.7 Å². The molecule has 0 spiro atoms. The smallest absolute Gasteiger partial charge is 0.224 e. The second-order valence-electron chi connectivity index (χ2n) is 5.20. The minimum absolute atomic E-state index is 0.586. The van der Waals surface area contributed by atoms with Gasteiger partial charge in [-0.2, -0.15) is 4.98 Å². The zero-order valence-corrected chi connectivity index (χ0v) is 13.8. The van der Waals surface area contributed by atoms with Crippen LogP contribution in [0.5, 0.6) is 0 Å². The Labute approximate surface area is 129 Å². The fraction of sp³-hybridized carbons (Fsp3) is 0.714. The zero-order valence-electron chi connectivity index (χ0n) is 12.2. The second-order valence-corrected chi connectivity index (χ2v) is 6.06. The molecule has 5 nitrogen and oxygen atoms in total. The lowest BCUT2D eigenvalue weighted by Crippen LogP contribution is -2.38. The van der Waals surface area contributed by atoms with E-state index < -0.39 is 0 Å². The van der Waals surface area contributed by atoms with E-state index in [0.717, 1.165) is 43.0 Å². The fourth-order valence-corrected chi connectivity index (χ4v) is 2.97. The highest BCUT2D eigenvalue weighted by molar-refractivity contribution is 9.10. The van der Waals surface area contributed by atoms with Crippen molar-refractivity contribution >= 4 is 27.7 Å². The fourth-order valence-electron chi connectivity index (χ4n) is 2.53. The quantitative estimate of drug-likeness (QED) is 0.861. The van der Waals surface area contributed by atoms with E-state index in [4.69, 9.17) is 4.74 Å². The predicted octanol–water partition coefficient (Wildman–Crippen LogP) is 2.92. The zero-order chi connectivity index (χ0) is 14.4. The molecule has 1 N–H and O–H groups in total. The molecule has 1 aromatic heterocycles. The first-order valence-electron chi connectivity index (χ1n) is 7.25. The molecule has 2 rings (SSSR count). The summed E-state index contributed by atoms with van der Waals surface area (Å²) in [7, 11) is 1.77. The summed E-state index contributed by atoms with van der Waals surface area (Å²) in [5.41, 5.74) is 0. The lowest BCUT2D eigenvalue weighted by molar-refractivity contribution is 0.143. The molecular formula is C14H23BrN4O. The topological polar surface area (TPSA) is 50.3 Å². The van der Waals surface area contributed by atoms with Gasteiger partial charge in [-0.15, -0.1) is 0 Å². The monoisotopic (exact) mass is 342 g/mol. The van der Waals surface area contributed by atoms with Crippen LogP contribution in [0, 0.1) is 5.92 Å². The SMILES string of the molecule is CCCNc1ncc(Br)c(N2CCCC(COC)C2)n1. The molecule has 1 aliphatic heterocycles. The molecule has 0 aliphatic carbocycles. The van der Waals surface area contributed by atoms with Gasteiger partial charge in [-0.1, -0.05) is 6.92 Å². The van der Waals surface area contributed by atoms with Crippen molar-refractivity contribution in [1.82, 2.24) is 9.97 Å². The summed E-state index contributed by atoms with van der Waals surface area (Å²) in [6.07, 6.45) is 5.31. The van der Waals surface area contributed by atoms with E-state index in [1.165, 1.54) is 12.8 Å². The molecule has 0 amide bonds. The highest BCUT2D eigenvalue weighted by Gasteiger charge is 2.22. The lowest BCUT2D eigenvalue weighted by Gasteiger charge is -2.33. The van der Waals surface area contributed by atoms with Crippen molar-refractivity contribution in [2.24, 2.45) is 5.92 Å². The Morgan fingerprint density at radius 1 is 1.55 bits per heavy atom. The molecular weight excluding hydrogens is 320 g/mol. The largest absolute Gasteiger partial charge is 0.384 e. The van der Waals surface area contributed by atoms with Gasteiger partial charge < -0.3 is 15.0 Å². The highest BCUT2D eigenvalue weighted by atomic mass is 79.9. The number of nitrogens with one attached hydrogen (secondary N) is 1. The van der Waals surface area contributed by atoms with Crippen LogP contribution >= 0.6 is 15.9 Å². The van der Waals surface area contributed by atoms with Gasteiger partial charge in [0.2, 0.25) is 5.95 Å². The number of hydrogen-bond acceptors (Lipinski definition) is 5. The number of piperidine rings is 1. The van der Waals surface area contributed by atoms with Gasteiger partial charge >= 0.3 is 0 Å². The summed E-state index contributed by atoms with van der Waals surface area (Å²) < 4.78 is 6.25. The number of methoxy groups -OCH3 is 1. The standard InChI is InChI=1S/C14H23BrN4O/c1-3-6-16-14-17-8-12(15)13(18-14)19-7-4-5-11(9-19)10-20-2/h8,11H,3-7,9-10H2,1-2H3,(H,16,17,18). The van der Waals surface area contributed by atoms with Gasteiger partial charge in [0.05, 0.1) is 11.1 Å². The van der Waals surface area contributed by atoms with Crippen LogP contribution in [0.2, 0.25) is 0 Å². The van der Waals surface area contributed by atoms with Crippen LogP contribution in [-0.2, 0) is 4.74 Å². The van der Waals surface area contributed by atoms with Crippen LogP contribution in [-0.4, -0.2) is 43.3 Å². The molecule has 1 fully saturated rings. The van der Waals surface area contributed by atoms with Crippen molar-refractivity contribution in [3.05, 3.63) is 10.7 Å². The molecule has 1 aromatic rings. The van der Waals surface area contributed by atoms with Crippen LogP contribution < -0.4 is 10.2 Å². The second kappa shape index (κ2) is 7.78. The summed E-state index contributed by atoms with van der Waals surface area (Å²) in [6.45, 7) is 5.89. The lowest BCUT2D eigenvalue weighted by atomic mass is 9.99. The van der Waals surface area contributed by atoms with Gasteiger partial charge in [-0.05, 0) is 41.1 Å². The first kappa shape index (κ1) is 15.5. The number of nitrogens with zero attached hydrogens (tertiary/aromatic N) is 3. The minimum Gasteiger partial charge on any atom is -0.384 e. The van der Waals surface area contributed by atoms with Gasteiger partial charge in [-0.25, -0.2) is 4.98 Å². The van der Waals surface area contributed by atoms with E-state index in [9.17, 15) is 0 Å². The summed E-state index contributed by atoms with van der Waals surface area (Å²) in [5.74, 6) is 2.28. The number of ether oxygens (including phenoxy) is 1. The maximum absolute atomic E-state index is 5.29. The summed E-state index contributed by atoms with van der Waals surface area (Å²) in [5, 5.41) is 3.24. The average Bonchev–Trinajstić information content (AvgIpc) is 2.47. The molecule has 1 unspecified atom stereocenters. The number of aromatic nitrogens is 2. The summed E-state index contributed by atoms with van der Waals surface area (Å²) >= 11 is 3.57. The summed E-state index contributed by atoms with van der Waals surface area (Å²) in [4.78, 5) is 11.3. The van der Waals surface area contributed by atoms with Gasteiger partial charge in [0.1, 0.15) is 5.82 Å². The van der Waals surface area contributed by atoms with Crippen molar-refractivity contribution in [2.75, 3.05) is 43.6 Å². The Morgan fingerprint density at radius 2 is 2.40 bits per heavy atom. The van der Waals surface area contributed by atoms with Crippen LogP contribution in [0.1, 0.15) is 26.2 Å². The van der Waals surface area contributed by atoms with Gasteiger partial charge in [0, 0.05) is 32.9 Å². The van der Waals surface area contributed by atoms with Crippen molar-refractivity contribution < 1.29 is 4.74 Å². The minimum atomic E-state index is 0.586. The maximum Gasteiger partial charge on any atom is 0.224 e. The molecule has 2 heterocycles. The number of halogens is 1. The van der Waals surface area contributed by atoms with E-state index in [-0.39, 0.29) is 0 Å². The highest BCUT2D eigenvalue weighted by Crippen LogP contribution is 2.28.